The fourth-order valence-electron chi connectivity index (χ4n) is 6.14. The van der Waals surface area contributed by atoms with E-state index in [2.05, 4.69) is 10.3 Å². The van der Waals surface area contributed by atoms with Crippen molar-refractivity contribution in [2.75, 3.05) is 13.1 Å². The molecule has 3 aliphatic heterocycles. The monoisotopic (exact) mass is 617 g/mol. The lowest BCUT2D eigenvalue weighted by Crippen LogP contribution is -2.60. The second-order valence-electron chi connectivity index (χ2n) is 11.0. The molecule has 3 saturated heterocycles. The number of rotatable bonds is 6. The molecule has 3 aliphatic rings. The number of carbonyl (C=O) groups is 3. The predicted octanol–water partition coefficient (Wildman–Crippen LogP) is 2.33. The van der Waals surface area contributed by atoms with Crippen LogP contribution in [0.15, 0.2) is 47.7 Å². The lowest BCUT2D eigenvalue weighted by molar-refractivity contribution is -0.149. The van der Waals surface area contributed by atoms with Crippen LogP contribution in [0, 0.1) is 0 Å². The Hall–Kier alpha value is -3.45. The summed E-state index contributed by atoms with van der Waals surface area (Å²) in [5.41, 5.74) is -0.368. The smallest absolute Gasteiger partial charge is 0.340 e. The minimum absolute atomic E-state index is 0.0863. The Balaban J connectivity index is 1.14. The van der Waals surface area contributed by atoms with Crippen LogP contribution in [0.1, 0.15) is 59.3 Å². The minimum atomic E-state index is -4.98. The van der Waals surface area contributed by atoms with Gasteiger partial charge in [-0.2, -0.15) is 0 Å². The Labute approximate surface area is 243 Å². The van der Waals surface area contributed by atoms with Gasteiger partial charge < -0.3 is 24.9 Å². The summed E-state index contributed by atoms with van der Waals surface area (Å²) in [5.74, 6) is -3.41. The van der Waals surface area contributed by atoms with Crippen molar-refractivity contribution >= 4 is 46.7 Å². The Morgan fingerprint density at radius 1 is 1.07 bits per heavy atom. The molecule has 15 heteroatoms. The number of benzene rings is 1. The number of thiophene rings is 1. The number of hydrogen-bond donors (Lipinski definition) is 3. The van der Waals surface area contributed by atoms with E-state index in [1.807, 2.05) is 0 Å². The summed E-state index contributed by atoms with van der Waals surface area (Å²) in [6.45, 7) is 0.720. The highest BCUT2D eigenvalue weighted by Crippen LogP contribution is 2.53. The highest BCUT2D eigenvalue weighted by atomic mass is 32.1. The summed E-state index contributed by atoms with van der Waals surface area (Å²) >= 11 is 1.12. The first kappa shape index (κ1) is 28.7. The van der Waals surface area contributed by atoms with Crippen molar-refractivity contribution in [2.45, 2.75) is 62.2 Å². The number of aromatic nitrogens is 2. The Kier molecular flexibility index (Phi) is 7.50. The van der Waals surface area contributed by atoms with E-state index in [0.29, 0.717) is 48.9 Å². The van der Waals surface area contributed by atoms with Crippen LogP contribution in [0.5, 0.6) is 0 Å². The van der Waals surface area contributed by atoms with Crippen LogP contribution in [0.25, 0.3) is 10.1 Å². The first-order chi connectivity index (χ1) is 20.0. The number of halogens is 1. The number of amides is 3. The maximum Gasteiger partial charge on any atom is 0.363 e. The molecule has 1 unspecified atom stereocenters. The molecule has 0 aliphatic carbocycles. The van der Waals surface area contributed by atoms with Gasteiger partial charge in [-0.25, -0.2) is 9.37 Å². The van der Waals surface area contributed by atoms with Gasteiger partial charge in [0.15, 0.2) is 0 Å². The van der Waals surface area contributed by atoms with Crippen LogP contribution in [0.2, 0.25) is 0 Å². The minimum Gasteiger partial charge on any atom is -0.340 e. The zero-order valence-corrected chi connectivity index (χ0v) is 24.0. The molecule has 5 heterocycles. The lowest BCUT2D eigenvalue weighted by Gasteiger charge is -2.42. The first-order valence-electron chi connectivity index (χ1n) is 13.7. The quantitative estimate of drug-likeness (QED) is 0.355. The summed E-state index contributed by atoms with van der Waals surface area (Å²) in [6.07, 6.45) is 5.97. The molecule has 4 atom stereocenters. The molecule has 3 amide bonds. The topological polar surface area (TPSA) is 162 Å². The van der Waals surface area contributed by atoms with Crippen molar-refractivity contribution in [2.24, 2.45) is 0 Å². The van der Waals surface area contributed by atoms with E-state index in [0.717, 1.165) is 17.8 Å². The van der Waals surface area contributed by atoms with Gasteiger partial charge in [0.2, 0.25) is 17.7 Å². The standard InChI is InChI=1S/C27H29FN5O7PS/c28-24(41(38,39)40)15-4-7-21-16(10-15)11-22(42-21)25(35)30-19-3-1-2-17-5-6-20(33(17)26(19)36)27(37)31-12-18(13-31)32-14-29-9-8-23(32)34/h4,7-11,14,17-20,24H,1-3,5-6,12-13H2,(H,30,35)(H2,38,39,40)/t17-,19-,20-,24?/m0/s1. The van der Waals surface area contributed by atoms with Crippen molar-refractivity contribution < 1.29 is 33.1 Å². The van der Waals surface area contributed by atoms with Crippen LogP contribution in [0.4, 0.5) is 4.39 Å². The summed E-state index contributed by atoms with van der Waals surface area (Å²) < 4.78 is 27.7. The maximum atomic E-state index is 14.2. The number of likely N-dealkylation sites (tertiary alicyclic amines) is 1. The SMILES string of the molecule is O=C(N[C@H]1CCC[C@H]2CC[C@@H](C(=O)N3CC(n4cnccc4=O)C3)N2C1=O)c1cc2cc(C(F)P(=O)(O)O)ccc2s1. The maximum absolute atomic E-state index is 14.2. The Bertz CT molecular complexity index is 1670. The van der Waals surface area contributed by atoms with Gasteiger partial charge in [-0.3, -0.25) is 28.3 Å². The molecule has 0 bridgehead atoms. The molecule has 1 aromatic carbocycles. The number of nitrogens with one attached hydrogen (secondary N) is 1. The third kappa shape index (κ3) is 5.28. The van der Waals surface area contributed by atoms with E-state index in [9.17, 15) is 28.1 Å². The first-order valence-corrected chi connectivity index (χ1v) is 16.2. The predicted molar refractivity (Wildman–Crippen MR) is 151 cm³/mol. The fraction of sp³-hybridized carbons (Fsp3) is 0.444. The van der Waals surface area contributed by atoms with Crippen LogP contribution >= 0.6 is 18.9 Å². The molecule has 3 fully saturated rings. The molecule has 2 aromatic heterocycles. The third-order valence-corrected chi connectivity index (χ3v) is 10.3. The molecular weight excluding hydrogens is 588 g/mol. The van der Waals surface area contributed by atoms with Gasteiger partial charge in [-0.1, -0.05) is 6.07 Å². The Morgan fingerprint density at radius 2 is 1.86 bits per heavy atom. The molecule has 6 rings (SSSR count). The fourth-order valence-corrected chi connectivity index (χ4v) is 7.63. The van der Waals surface area contributed by atoms with Gasteiger partial charge in [-0.15, -0.1) is 11.3 Å². The Morgan fingerprint density at radius 3 is 2.60 bits per heavy atom. The van der Waals surface area contributed by atoms with E-state index in [1.165, 1.54) is 47.4 Å². The van der Waals surface area contributed by atoms with Gasteiger partial charge in [0.05, 0.1) is 17.2 Å². The summed E-state index contributed by atoms with van der Waals surface area (Å²) in [4.78, 5) is 78.4. The van der Waals surface area contributed by atoms with Gasteiger partial charge in [0.25, 0.3) is 11.5 Å². The number of fused-ring (bicyclic) bond motifs is 2. The van der Waals surface area contributed by atoms with E-state index < -0.39 is 31.5 Å². The molecular formula is C27H29FN5O7PS. The van der Waals surface area contributed by atoms with Crippen molar-refractivity contribution in [3.8, 4) is 0 Å². The van der Waals surface area contributed by atoms with Gasteiger partial charge in [-0.05, 0) is 61.3 Å². The zero-order chi connectivity index (χ0) is 29.8. The van der Waals surface area contributed by atoms with Crippen LogP contribution in [0.3, 0.4) is 0 Å². The number of hydrogen-bond acceptors (Lipinski definition) is 7. The van der Waals surface area contributed by atoms with E-state index in [-0.39, 0.29) is 39.9 Å². The second-order valence-corrected chi connectivity index (χ2v) is 13.7. The summed E-state index contributed by atoms with van der Waals surface area (Å²) in [6, 6.07) is 5.26. The third-order valence-electron chi connectivity index (χ3n) is 8.33. The molecule has 12 nitrogen and oxygen atoms in total. The average Bonchev–Trinajstić information content (AvgIpc) is 3.52. The molecule has 42 heavy (non-hydrogen) atoms. The summed E-state index contributed by atoms with van der Waals surface area (Å²) in [7, 11) is -4.98. The largest absolute Gasteiger partial charge is 0.363 e. The van der Waals surface area contributed by atoms with Crippen LogP contribution in [-0.4, -0.2) is 78.1 Å². The van der Waals surface area contributed by atoms with E-state index in [1.54, 1.807) is 9.80 Å². The zero-order valence-electron chi connectivity index (χ0n) is 22.3. The van der Waals surface area contributed by atoms with Crippen LogP contribution in [-0.2, 0) is 14.2 Å². The van der Waals surface area contributed by atoms with Crippen molar-refractivity contribution in [3.05, 3.63) is 63.7 Å². The van der Waals surface area contributed by atoms with Crippen molar-refractivity contribution in [1.82, 2.24) is 24.7 Å². The number of alkyl halides is 1. The molecule has 0 spiro atoms. The molecule has 222 valence electrons. The lowest BCUT2D eigenvalue weighted by atomic mass is 10.0. The van der Waals surface area contributed by atoms with E-state index in [4.69, 9.17) is 9.79 Å². The van der Waals surface area contributed by atoms with Gasteiger partial charge in [0, 0.05) is 36.1 Å². The molecule has 3 N–H and O–H groups in total. The molecule has 3 aromatic rings. The average molecular weight is 618 g/mol. The second kappa shape index (κ2) is 11.0. The molecule has 0 radical (unpaired) electrons. The van der Waals surface area contributed by atoms with Gasteiger partial charge >= 0.3 is 7.60 Å². The van der Waals surface area contributed by atoms with E-state index >= 15 is 0 Å². The summed E-state index contributed by atoms with van der Waals surface area (Å²) in [5, 5.41) is 3.28. The highest BCUT2D eigenvalue weighted by molar-refractivity contribution is 7.51. The normalized spacial score (nSPS) is 23.8. The number of carbonyl (C=O) groups excluding carboxylic acids is 3. The molecule has 0 saturated carbocycles. The van der Waals surface area contributed by atoms with Crippen molar-refractivity contribution in [3.63, 3.8) is 0 Å². The van der Waals surface area contributed by atoms with Crippen molar-refractivity contribution in [1.29, 1.82) is 0 Å². The van der Waals surface area contributed by atoms with Gasteiger partial charge in [0.1, 0.15) is 12.1 Å². The highest BCUT2D eigenvalue weighted by Gasteiger charge is 2.47. The van der Waals surface area contributed by atoms with Crippen LogP contribution < -0.4 is 10.9 Å². The number of nitrogens with zero attached hydrogens (tertiary/aromatic N) is 4.